The fourth-order valence-electron chi connectivity index (χ4n) is 2.86. The SMILES string of the molecule is CCOc1ccc(C(=O)N2CCC(C)CC2C(=O)O)cc1[N+](=O)[O-]. The van der Waals surface area contributed by atoms with Gasteiger partial charge in [0, 0.05) is 18.2 Å². The fraction of sp³-hybridized carbons (Fsp3) is 0.500. The van der Waals surface area contributed by atoms with Crippen LogP contribution in [0.3, 0.4) is 0 Å². The van der Waals surface area contributed by atoms with Gasteiger partial charge in [0.1, 0.15) is 6.04 Å². The van der Waals surface area contributed by atoms with Crippen LogP contribution < -0.4 is 4.74 Å². The molecule has 0 aliphatic carbocycles. The van der Waals surface area contributed by atoms with Crippen LogP contribution in [0, 0.1) is 16.0 Å². The number of carbonyl (C=O) groups is 2. The molecule has 2 rings (SSSR count). The Morgan fingerprint density at radius 2 is 2.17 bits per heavy atom. The molecular formula is C16H20N2O6. The summed E-state index contributed by atoms with van der Waals surface area (Å²) in [6.07, 6.45) is 1.08. The number of carboxylic acids is 1. The van der Waals surface area contributed by atoms with Gasteiger partial charge in [-0.25, -0.2) is 4.79 Å². The van der Waals surface area contributed by atoms with Crippen LogP contribution in [0.4, 0.5) is 5.69 Å². The number of nitro benzene ring substituents is 1. The van der Waals surface area contributed by atoms with E-state index in [4.69, 9.17) is 4.74 Å². The maximum atomic E-state index is 12.7. The number of aliphatic carboxylic acids is 1. The van der Waals surface area contributed by atoms with Crippen molar-refractivity contribution in [2.45, 2.75) is 32.7 Å². The van der Waals surface area contributed by atoms with Gasteiger partial charge in [0.25, 0.3) is 5.91 Å². The molecule has 1 amide bonds. The van der Waals surface area contributed by atoms with E-state index >= 15 is 0 Å². The number of rotatable bonds is 5. The highest BCUT2D eigenvalue weighted by Gasteiger charge is 2.35. The van der Waals surface area contributed by atoms with Gasteiger partial charge in [-0.05, 0) is 37.8 Å². The summed E-state index contributed by atoms with van der Waals surface area (Å²) in [6, 6.07) is 3.03. The van der Waals surface area contributed by atoms with Crippen LogP contribution in [0.5, 0.6) is 5.75 Å². The lowest BCUT2D eigenvalue weighted by atomic mass is 9.92. The third-order valence-corrected chi connectivity index (χ3v) is 4.11. The summed E-state index contributed by atoms with van der Waals surface area (Å²) >= 11 is 0. The molecule has 8 heteroatoms. The average molecular weight is 336 g/mol. The van der Waals surface area contributed by atoms with E-state index < -0.39 is 22.8 Å². The van der Waals surface area contributed by atoms with Gasteiger partial charge in [-0.1, -0.05) is 6.92 Å². The number of amides is 1. The summed E-state index contributed by atoms with van der Waals surface area (Å²) in [5, 5.41) is 20.5. The molecule has 1 heterocycles. The molecule has 0 spiro atoms. The maximum Gasteiger partial charge on any atom is 0.326 e. The second kappa shape index (κ2) is 7.29. The van der Waals surface area contributed by atoms with Gasteiger partial charge in [-0.2, -0.15) is 0 Å². The van der Waals surface area contributed by atoms with Crippen molar-refractivity contribution in [1.82, 2.24) is 4.90 Å². The Morgan fingerprint density at radius 3 is 2.75 bits per heavy atom. The zero-order chi connectivity index (χ0) is 17.9. The Labute approximate surface area is 139 Å². The normalized spacial score (nSPS) is 20.5. The highest BCUT2D eigenvalue weighted by atomic mass is 16.6. The standard InChI is InChI=1S/C16H20N2O6/c1-3-24-14-5-4-11(9-12(14)18(22)23)15(19)17-7-6-10(2)8-13(17)16(20)21/h4-5,9-10,13H,3,6-8H2,1-2H3,(H,20,21). The number of carboxylic acid groups (broad SMARTS) is 1. The van der Waals surface area contributed by atoms with Crippen molar-refractivity contribution in [3.05, 3.63) is 33.9 Å². The van der Waals surface area contributed by atoms with E-state index in [9.17, 15) is 24.8 Å². The third kappa shape index (κ3) is 3.64. The van der Waals surface area contributed by atoms with Crippen molar-refractivity contribution < 1.29 is 24.4 Å². The van der Waals surface area contributed by atoms with E-state index in [1.807, 2.05) is 6.92 Å². The van der Waals surface area contributed by atoms with Crippen LogP contribution in [0.25, 0.3) is 0 Å². The molecule has 2 unspecified atom stereocenters. The van der Waals surface area contributed by atoms with Gasteiger partial charge >= 0.3 is 11.7 Å². The van der Waals surface area contributed by atoms with Gasteiger partial charge in [-0.3, -0.25) is 14.9 Å². The van der Waals surface area contributed by atoms with Crippen LogP contribution >= 0.6 is 0 Å². The van der Waals surface area contributed by atoms with Crippen LogP contribution in [0.1, 0.15) is 37.0 Å². The first-order valence-corrected chi connectivity index (χ1v) is 7.80. The van der Waals surface area contributed by atoms with E-state index in [1.54, 1.807) is 6.92 Å². The largest absolute Gasteiger partial charge is 0.487 e. The second-order valence-corrected chi connectivity index (χ2v) is 5.85. The predicted octanol–water partition coefficient (Wildman–Crippen LogP) is 2.32. The summed E-state index contributed by atoms with van der Waals surface area (Å²) in [7, 11) is 0. The number of likely N-dealkylation sites (tertiary alicyclic amines) is 1. The van der Waals surface area contributed by atoms with Crippen LogP contribution in [0.2, 0.25) is 0 Å². The zero-order valence-corrected chi connectivity index (χ0v) is 13.6. The molecule has 1 aliphatic rings. The molecule has 1 fully saturated rings. The van der Waals surface area contributed by atoms with Crippen molar-refractivity contribution >= 4 is 17.6 Å². The monoisotopic (exact) mass is 336 g/mol. The minimum absolute atomic E-state index is 0.0844. The number of carbonyl (C=O) groups excluding carboxylic acids is 1. The van der Waals surface area contributed by atoms with E-state index in [0.29, 0.717) is 19.4 Å². The number of ether oxygens (including phenoxy) is 1. The van der Waals surface area contributed by atoms with E-state index in [2.05, 4.69) is 0 Å². The first-order chi connectivity index (χ1) is 11.3. The van der Waals surface area contributed by atoms with Crippen molar-refractivity contribution in [3.63, 3.8) is 0 Å². The number of piperidine rings is 1. The molecule has 0 radical (unpaired) electrons. The first kappa shape index (κ1) is 17.7. The Bertz CT molecular complexity index is 660. The number of nitro groups is 1. The smallest absolute Gasteiger partial charge is 0.326 e. The van der Waals surface area contributed by atoms with Crippen LogP contribution in [-0.2, 0) is 4.79 Å². The number of hydrogen-bond acceptors (Lipinski definition) is 5. The molecule has 1 aliphatic heterocycles. The fourth-order valence-corrected chi connectivity index (χ4v) is 2.86. The second-order valence-electron chi connectivity index (χ2n) is 5.85. The van der Waals surface area contributed by atoms with E-state index in [0.717, 1.165) is 6.07 Å². The van der Waals surface area contributed by atoms with Crippen molar-refractivity contribution in [2.24, 2.45) is 5.92 Å². The molecule has 1 aromatic rings. The van der Waals surface area contributed by atoms with Crippen molar-refractivity contribution in [3.8, 4) is 5.75 Å². The lowest BCUT2D eigenvalue weighted by molar-refractivity contribution is -0.385. The molecule has 130 valence electrons. The summed E-state index contributed by atoms with van der Waals surface area (Å²) in [5.41, 5.74) is -0.217. The third-order valence-electron chi connectivity index (χ3n) is 4.11. The molecule has 0 bridgehead atoms. The first-order valence-electron chi connectivity index (χ1n) is 7.80. The summed E-state index contributed by atoms with van der Waals surface area (Å²) in [4.78, 5) is 35.9. The summed E-state index contributed by atoms with van der Waals surface area (Å²) in [6.45, 7) is 4.23. The lowest BCUT2D eigenvalue weighted by Gasteiger charge is -2.36. The lowest BCUT2D eigenvalue weighted by Crippen LogP contribution is -2.49. The van der Waals surface area contributed by atoms with Gasteiger partial charge in [0.15, 0.2) is 5.75 Å². The Hall–Kier alpha value is -2.64. The zero-order valence-electron chi connectivity index (χ0n) is 13.6. The topological polar surface area (TPSA) is 110 Å². The van der Waals surface area contributed by atoms with Gasteiger partial charge in [0.2, 0.25) is 0 Å². The molecule has 0 saturated carbocycles. The quantitative estimate of drug-likeness (QED) is 0.652. The number of hydrogen-bond donors (Lipinski definition) is 1. The molecule has 1 saturated heterocycles. The van der Waals surface area contributed by atoms with Crippen molar-refractivity contribution in [1.29, 1.82) is 0 Å². The highest BCUT2D eigenvalue weighted by molar-refractivity contribution is 5.97. The molecule has 1 N–H and O–H groups in total. The number of benzene rings is 1. The number of nitrogens with zero attached hydrogens (tertiary/aromatic N) is 2. The Balaban J connectivity index is 2.33. The highest BCUT2D eigenvalue weighted by Crippen LogP contribution is 2.30. The summed E-state index contributed by atoms with van der Waals surface area (Å²) in [5.74, 6) is -1.28. The maximum absolute atomic E-state index is 12.7. The van der Waals surface area contributed by atoms with Gasteiger partial charge in [-0.15, -0.1) is 0 Å². The Kier molecular flexibility index (Phi) is 5.38. The Morgan fingerprint density at radius 1 is 1.46 bits per heavy atom. The minimum Gasteiger partial charge on any atom is -0.487 e. The minimum atomic E-state index is -1.06. The predicted molar refractivity (Wildman–Crippen MR) is 85.1 cm³/mol. The van der Waals surface area contributed by atoms with Crippen LogP contribution in [-0.4, -0.2) is 46.0 Å². The molecule has 24 heavy (non-hydrogen) atoms. The van der Waals surface area contributed by atoms with E-state index in [-0.39, 0.29) is 29.5 Å². The van der Waals surface area contributed by atoms with E-state index in [1.165, 1.54) is 17.0 Å². The molecule has 2 atom stereocenters. The average Bonchev–Trinajstić information content (AvgIpc) is 2.54. The molecule has 0 aromatic heterocycles. The molecular weight excluding hydrogens is 316 g/mol. The van der Waals surface area contributed by atoms with Gasteiger partial charge < -0.3 is 14.7 Å². The molecule has 8 nitrogen and oxygen atoms in total. The van der Waals surface area contributed by atoms with Crippen molar-refractivity contribution in [2.75, 3.05) is 13.2 Å². The van der Waals surface area contributed by atoms with Gasteiger partial charge in [0.05, 0.1) is 11.5 Å². The molecule has 1 aromatic carbocycles. The summed E-state index contributed by atoms with van der Waals surface area (Å²) < 4.78 is 5.19. The van der Waals surface area contributed by atoms with Crippen LogP contribution in [0.15, 0.2) is 18.2 Å².